The Bertz CT molecular complexity index is 663. The molecular weight excluding hydrogens is 264 g/mol. The summed E-state index contributed by atoms with van der Waals surface area (Å²) in [5, 5.41) is 18.6. The predicted molar refractivity (Wildman–Crippen MR) is 78.0 cm³/mol. The lowest BCUT2D eigenvalue weighted by Gasteiger charge is -2.24. The van der Waals surface area contributed by atoms with Gasteiger partial charge in [-0.05, 0) is 17.0 Å². The Morgan fingerprint density at radius 1 is 1.00 bits per heavy atom. The van der Waals surface area contributed by atoms with Crippen molar-refractivity contribution in [2.45, 2.75) is 25.7 Å². The molecule has 2 rings (SSSR count). The third-order valence-corrected chi connectivity index (χ3v) is 3.51. The molecule has 0 atom stereocenters. The van der Waals surface area contributed by atoms with Gasteiger partial charge in [-0.15, -0.1) is 0 Å². The highest BCUT2D eigenvalue weighted by Gasteiger charge is 2.32. The number of benzene rings is 1. The van der Waals surface area contributed by atoms with Gasteiger partial charge in [0.1, 0.15) is 23.3 Å². The first-order valence-electron chi connectivity index (χ1n) is 6.56. The van der Waals surface area contributed by atoms with Gasteiger partial charge in [0.25, 0.3) is 0 Å². The number of ether oxygens (including phenoxy) is 1. The second-order valence-electron chi connectivity index (χ2n) is 5.14. The third kappa shape index (κ3) is 2.54. The maximum Gasteiger partial charge on any atom is 0.207 e. The van der Waals surface area contributed by atoms with E-state index in [1.54, 1.807) is 0 Å². The van der Waals surface area contributed by atoms with E-state index < -0.39 is 5.92 Å². The van der Waals surface area contributed by atoms with Crippen LogP contribution in [0.1, 0.15) is 36.8 Å². The summed E-state index contributed by atoms with van der Waals surface area (Å²) < 4.78 is 5.08. The standard InChI is InChI=1S/C16H16N4O/c1-9(2)10-3-5-11(6-4-10)14-12(7-17)15(19)21-16(20)13(14)8-18/h3-6,9,14H,19-20H2,1-2H3. The van der Waals surface area contributed by atoms with Crippen LogP contribution >= 0.6 is 0 Å². The fourth-order valence-electron chi connectivity index (χ4n) is 2.30. The van der Waals surface area contributed by atoms with Crippen LogP contribution in [0.25, 0.3) is 0 Å². The summed E-state index contributed by atoms with van der Waals surface area (Å²) >= 11 is 0. The van der Waals surface area contributed by atoms with Gasteiger partial charge < -0.3 is 16.2 Å². The lowest BCUT2D eigenvalue weighted by atomic mass is 9.84. The Labute approximate surface area is 123 Å². The van der Waals surface area contributed by atoms with Gasteiger partial charge in [-0.1, -0.05) is 38.1 Å². The zero-order valence-electron chi connectivity index (χ0n) is 11.9. The molecule has 0 aliphatic carbocycles. The van der Waals surface area contributed by atoms with Crippen molar-refractivity contribution in [3.63, 3.8) is 0 Å². The van der Waals surface area contributed by atoms with Gasteiger partial charge in [-0.2, -0.15) is 10.5 Å². The molecule has 0 radical (unpaired) electrons. The molecule has 1 aromatic rings. The average molecular weight is 280 g/mol. The van der Waals surface area contributed by atoms with Crippen molar-refractivity contribution in [1.29, 1.82) is 10.5 Å². The Hall–Kier alpha value is -2.92. The van der Waals surface area contributed by atoms with Crippen molar-refractivity contribution in [2.24, 2.45) is 11.5 Å². The van der Waals surface area contributed by atoms with E-state index in [0.29, 0.717) is 5.92 Å². The first-order valence-corrected chi connectivity index (χ1v) is 6.56. The lowest BCUT2D eigenvalue weighted by Crippen LogP contribution is -2.23. The first-order chi connectivity index (χ1) is 9.99. The molecule has 4 N–H and O–H groups in total. The van der Waals surface area contributed by atoms with E-state index in [2.05, 4.69) is 13.8 Å². The molecule has 106 valence electrons. The Balaban J connectivity index is 2.54. The minimum atomic E-state index is -0.574. The van der Waals surface area contributed by atoms with E-state index in [1.165, 1.54) is 5.56 Å². The van der Waals surface area contributed by atoms with Gasteiger partial charge in [0, 0.05) is 0 Å². The molecule has 0 saturated heterocycles. The van der Waals surface area contributed by atoms with Crippen LogP contribution < -0.4 is 11.5 Å². The highest BCUT2D eigenvalue weighted by atomic mass is 16.5. The highest BCUT2D eigenvalue weighted by Crippen LogP contribution is 2.37. The second kappa shape index (κ2) is 5.60. The fourth-order valence-corrected chi connectivity index (χ4v) is 2.30. The molecule has 21 heavy (non-hydrogen) atoms. The number of rotatable bonds is 2. The molecular formula is C16H16N4O. The molecule has 0 unspecified atom stereocenters. The fraction of sp³-hybridized carbons (Fsp3) is 0.250. The molecule has 1 aromatic carbocycles. The van der Waals surface area contributed by atoms with Gasteiger partial charge in [0.05, 0.1) is 5.92 Å². The molecule has 5 nitrogen and oxygen atoms in total. The summed E-state index contributed by atoms with van der Waals surface area (Å²) in [6.45, 7) is 4.20. The maximum absolute atomic E-state index is 9.29. The summed E-state index contributed by atoms with van der Waals surface area (Å²) in [6, 6.07) is 11.8. The van der Waals surface area contributed by atoms with E-state index in [9.17, 15) is 10.5 Å². The topological polar surface area (TPSA) is 109 Å². The van der Waals surface area contributed by atoms with E-state index >= 15 is 0 Å². The van der Waals surface area contributed by atoms with E-state index in [4.69, 9.17) is 16.2 Å². The minimum Gasteiger partial charge on any atom is -0.424 e. The number of nitriles is 2. The van der Waals surface area contributed by atoms with Crippen LogP contribution in [0.2, 0.25) is 0 Å². The van der Waals surface area contributed by atoms with Gasteiger partial charge in [0.2, 0.25) is 11.8 Å². The van der Waals surface area contributed by atoms with Crippen LogP contribution in [0.5, 0.6) is 0 Å². The van der Waals surface area contributed by atoms with Crippen LogP contribution in [-0.2, 0) is 4.74 Å². The highest BCUT2D eigenvalue weighted by molar-refractivity contribution is 5.53. The summed E-state index contributed by atoms with van der Waals surface area (Å²) in [6.07, 6.45) is 0. The molecule has 1 aliphatic rings. The number of hydrogen-bond donors (Lipinski definition) is 2. The smallest absolute Gasteiger partial charge is 0.207 e. The first kappa shape index (κ1) is 14.5. The summed E-state index contributed by atoms with van der Waals surface area (Å²) in [4.78, 5) is 0. The third-order valence-electron chi connectivity index (χ3n) is 3.51. The Morgan fingerprint density at radius 2 is 1.48 bits per heavy atom. The monoisotopic (exact) mass is 280 g/mol. The molecule has 1 aliphatic heterocycles. The summed E-state index contributed by atoms with van der Waals surface area (Å²) in [7, 11) is 0. The van der Waals surface area contributed by atoms with Crippen LogP contribution in [0, 0.1) is 22.7 Å². The number of nitrogens with two attached hydrogens (primary N) is 2. The number of nitrogens with zero attached hydrogens (tertiary/aromatic N) is 2. The van der Waals surface area contributed by atoms with Crippen molar-refractivity contribution in [2.75, 3.05) is 0 Å². The molecule has 0 spiro atoms. The quantitative estimate of drug-likeness (QED) is 0.864. The van der Waals surface area contributed by atoms with Crippen molar-refractivity contribution >= 4 is 0 Å². The molecule has 5 heteroatoms. The van der Waals surface area contributed by atoms with Crippen LogP contribution in [-0.4, -0.2) is 0 Å². The average Bonchev–Trinajstić information content (AvgIpc) is 2.46. The molecule has 1 heterocycles. The molecule has 0 amide bonds. The molecule has 0 bridgehead atoms. The molecule has 0 aromatic heterocycles. The second-order valence-corrected chi connectivity index (χ2v) is 5.14. The van der Waals surface area contributed by atoms with Gasteiger partial charge >= 0.3 is 0 Å². The van der Waals surface area contributed by atoms with Crippen molar-refractivity contribution in [1.82, 2.24) is 0 Å². The molecule has 0 saturated carbocycles. The van der Waals surface area contributed by atoms with Crippen LogP contribution in [0.4, 0.5) is 0 Å². The van der Waals surface area contributed by atoms with Crippen molar-refractivity contribution < 1.29 is 4.74 Å². The van der Waals surface area contributed by atoms with Gasteiger partial charge in [-0.25, -0.2) is 0 Å². The van der Waals surface area contributed by atoms with Crippen molar-refractivity contribution in [3.8, 4) is 12.1 Å². The zero-order chi connectivity index (χ0) is 15.6. The lowest BCUT2D eigenvalue weighted by molar-refractivity contribution is 0.277. The zero-order valence-corrected chi connectivity index (χ0v) is 11.9. The van der Waals surface area contributed by atoms with E-state index in [0.717, 1.165) is 5.56 Å². The predicted octanol–water partition coefficient (Wildman–Crippen LogP) is 2.31. The maximum atomic E-state index is 9.29. The number of hydrogen-bond acceptors (Lipinski definition) is 5. The van der Waals surface area contributed by atoms with Crippen LogP contribution in [0.15, 0.2) is 47.2 Å². The summed E-state index contributed by atoms with van der Waals surface area (Å²) in [5.41, 5.74) is 13.8. The molecule has 0 fully saturated rings. The largest absolute Gasteiger partial charge is 0.424 e. The van der Waals surface area contributed by atoms with Gasteiger partial charge in [-0.3, -0.25) is 0 Å². The SMILES string of the molecule is CC(C)c1ccc(C2C(C#N)=C(N)OC(N)=C2C#N)cc1. The van der Waals surface area contributed by atoms with Crippen molar-refractivity contribution in [3.05, 3.63) is 58.3 Å². The minimum absolute atomic E-state index is 0.0491. The van der Waals surface area contributed by atoms with E-state index in [1.807, 2.05) is 36.4 Å². The number of allylic oxidation sites excluding steroid dienone is 2. The van der Waals surface area contributed by atoms with Crippen LogP contribution in [0.3, 0.4) is 0 Å². The Morgan fingerprint density at radius 3 is 1.86 bits per heavy atom. The van der Waals surface area contributed by atoms with Gasteiger partial charge in [0.15, 0.2) is 0 Å². The normalized spacial score (nSPS) is 15.7. The summed E-state index contributed by atoms with van der Waals surface area (Å²) in [5.74, 6) is -0.269. The Kier molecular flexibility index (Phi) is 3.86. The van der Waals surface area contributed by atoms with E-state index in [-0.39, 0.29) is 22.9 Å².